The molecule has 2 N–H and O–H groups in total. The van der Waals surface area contributed by atoms with Gasteiger partial charge in [0, 0.05) is 21.9 Å². The molecule has 0 spiro atoms. The summed E-state index contributed by atoms with van der Waals surface area (Å²) >= 11 is 0. The fourth-order valence-electron chi connectivity index (χ4n) is 3.33. The van der Waals surface area contributed by atoms with Gasteiger partial charge in [0.05, 0.1) is 17.7 Å². The van der Waals surface area contributed by atoms with Crippen LogP contribution in [0, 0.1) is 0 Å². The van der Waals surface area contributed by atoms with Crippen LogP contribution in [0.25, 0.3) is 32.9 Å². The molecule has 0 unspecified atom stereocenters. The zero-order valence-electron chi connectivity index (χ0n) is 14.5. The molecule has 3 aromatic carbocycles. The molecule has 0 radical (unpaired) electrons. The van der Waals surface area contributed by atoms with Gasteiger partial charge in [-0.15, -0.1) is 0 Å². The van der Waals surface area contributed by atoms with Gasteiger partial charge in [0.1, 0.15) is 5.75 Å². The number of hydrogen-bond acceptors (Lipinski definition) is 2. The van der Waals surface area contributed by atoms with E-state index < -0.39 is 5.97 Å². The number of fused-ring (bicyclic) bond motifs is 3. The van der Waals surface area contributed by atoms with Gasteiger partial charge in [-0.25, -0.2) is 4.79 Å². The summed E-state index contributed by atoms with van der Waals surface area (Å²) in [5, 5.41) is 11.8. The van der Waals surface area contributed by atoms with Gasteiger partial charge in [0.15, 0.2) is 0 Å². The van der Waals surface area contributed by atoms with Crippen molar-refractivity contribution in [1.82, 2.24) is 4.98 Å². The number of carboxylic acid groups (broad SMARTS) is 1. The zero-order valence-corrected chi connectivity index (χ0v) is 14.5. The first-order valence-corrected chi connectivity index (χ1v) is 8.69. The quantitative estimate of drug-likeness (QED) is 0.504. The van der Waals surface area contributed by atoms with Crippen LogP contribution in [0.15, 0.2) is 60.7 Å². The lowest BCUT2D eigenvalue weighted by Crippen LogP contribution is -2.00. The standard InChI is InChI=1S/C22H19NO3/c1-2-13-26-15-9-7-14(8-10-15)20-18(22(24)25)12-11-17-16-5-3-4-6-19(16)23-21(17)20/h3-12,23H,2,13H2,1H3,(H,24,25). The van der Waals surface area contributed by atoms with Crippen LogP contribution in [0.3, 0.4) is 0 Å². The molecule has 0 saturated carbocycles. The van der Waals surface area contributed by atoms with Gasteiger partial charge in [-0.2, -0.15) is 0 Å². The molecule has 130 valence electrons. The van der Waals surface area contributed by atoms with Crippen molar-refractivity contribution in [3.05, 3.63) is 66.2 Å². The van der Waals surface area contributed by atoms with Gasteiger partial charge >= 0.3 is 5.97 Å². The van der Waals surface area contributed by atoms with Crippen molar-refractivity contribution in [2.24, 2.45) is 0 Å². The molecule has 1 aromatic heterocycles. The number of carboxylic acids is 1. The van der Waals surface area contributed by atoms with Crippen LogP contribution in [0.5, 0.6) is 5.75 Å². The number of aromatic amines is 1. The minimum Gasteiger partial charge on any atom is -0.494 e. The van der Waals surface area contributed by atoms with Gasteiger partial charge < -0.3 is 14.8 Å². The second-order valence-electron chi connectivity index (χ2n) is 6.26. The van der Waals surface area contributed by atoms with Gasteiger partial charge in [0.2, 0.25) is 0 Å². The Labute approximate surface area is 151 Å². The average molecular weight is 345 g/mol. The summed E-state index contributed by atoms with van der Waals surface area (Å²) in [5.41, 5.74) is 3.67. The Hall–Kier alpha value is -3.27. The second-order valence-corrected chi connectivity index (χ2v) is 6.26. The van der Waals surface area contributed by atoms with Crippen LogP contribution in [-0.4, -0.2) is 22.7 Å². The Kier molecular flexibility index (Phi) is 4.09. The van der Waals surface area contributed by atoms with Crippen LogP contribution < -0.4 is 4.74 Å². The fraction of sp³-hybridized carbons (Fsp3) is 0.136. The normalized spacial score (nSPS) is 11.1. The number of benzene rings is 3. The molecule has 4 heteroatoms. The number of para-hydroxylation sites is 1. The molecule has 0 amide bonds. The molecule has 1 heterocycles. The predicted octanol–water partition coefficient (Wildman–Crippen LogP) is 5.48. The molecule has 0 bridgehead atoms. The molecule has 0 aliphatic rings. The Balaban J connectivity index is 1.94. The van der Waals surface area contributed by atoms with Crippen molar-refractivity contribution >= 4 is 27.8 Å². The minimum atomic E-state index is -0.938. The number of nitrogens with one attached hydrogen (secondary N) is 1. The number of aromatic carboxylic acids is 1. The Morgan fingerprint density at radius 2 is 1.77 bits per heavy atom. The van der Waals surface area contributed by atoms with Crippen molar-refractivity contribution in [2.75, 3.05) is 6.61 Å². The van der Waals surface area contributed by atoms with Crippen LogP contribution in [-0.2, 0) is 0 Å². The topological polar surface area (TPSA) is 62.3 Å². The van der Waals surface area contributed by atoms with E-state index in [0.717, 1.165) is 39.5 Å². The Bertz CT molecular complexity index is 1090. The third-order valence-electron chi connectivity index (χ3n) is 4.53. The van der Waals surface area contributed by atoms with Gasteiger partial charge in [-0.3, -0.25) is 0 Å². The van der Waals surface area contributed by atoms with E-state index in [0.29, 0.717) is 12.2 Å². The number of hydrogen-bond donors (Lipinski definition) is 2. The summed E-state index contributed by atoms with van der Waals surface area (Å²) in [6.07, 6.45) is 0.944. The van der Waals surface area contributed by atoms with Gasteiger partial charge in [-0.1, -0.05) is 43.3 Å². The maximum atomic E-state index is 11.8. The van der Waals surface area contributed by atoms with E-state index in [-0.39, 0.29) is 5.56 Å². The fourth-order valence-corrected chi connectivity index (χ4v) is 3.33. The Morgan fingerprint density at radius 3 is 2.50 bits per heavy atom. The number of ether oxygens (including phenoxy) is 1. The lowest BCUT2D eigenvalue weighted by molar-refractivity contribution is 0.0698. The molecule has 4 aromatic rings. The minimum absolute atomic E-state index is 0.284. The monoisotopic (exact) mass is 345 g/mol. The number of aromatic nitrogens is 1. The second kappa shape index (κ2) is 6.56. The smallest absolute Gasteiger partial charge is 0.336 e. The van der Waals surface area contributed by atoms with Gasteiger partial charge in [-0.05, 0) is 36.2 Å². The molecular weight excluding hydrogens is 326 g/mol. The van der Waals surface area contributed by atoms with E-state index >= 15 is 0 Å². The Morgan fingerprint density at radius 1 is 1.00 bits per heavy atom. The van der Waals surface area contributed by atoms with Crippen molar-refractivity contribution in [2.45, 2.75) is 13.3 Å². The number of H-pyrrole nitrogens is 1. The van der Waals surface area contributed by atoms with Crippen molar-refractivity contribution in [3.63, 3.8) is 0 Å². The molecule has 0 atom stereocenters. The molecule has 0 aliphatic heterocycles. The first-order valence-electron chi connectivity index (χ1n) is 8.69. The average Bonchev–Trinajstić information content (AvgIpc) is 3.04. The summed E-state index contributed by atoms with van der Waals surface area (Å²) in [4.78, 5) is 15.2. The summed E-state index contributed by atoms with van der Waals surface area (Å²) in [5.74, 6) is -0.150. The van der Waals surface area contributed by atoms with E-state index in [1.165, 1.54) is 0 Å². The van der Waals surface area contributed by atoms with Crippen LogP contribution in [0.2, 0.25) is 0 Å². The van der Waals surface area contributed by atoms with Gasteiger partial charge in [0.25, 0.3) is 0 Å². The maximum absolute atomic E-state index is 11.8. The van der Waals surface area contributed by atoms with E-state index in [9.17, 15) is 9.90 Å². The summed E-state index contributed by atoms with van der Waals surface area (Å²) < 4.78 is 5.64. The third kappa shape index (κ3) is 2.69. The van der Waals surface area contributed by atoms with Crippen LogP contribution in [0.4, 0.5) is 0 Å². The molecule has 26 heavy (non-hydrogen) atoms. The number of rotatable bonds is 5. The summed E-state index contributed by atoms with van der Waals surface area (Å²) in [7, 11) is 0. The number of carbonyl (C=O) groups is 1. The van der Waals surface area contributed by atoms with Crippen molar-refractivity contribution in [1.29, 1.82) is 0 Å². The SMILES string of the molecule is CCCOc1ccc(-c2c(C(=O)O)ccc3c2[nH]c2ccccc23)cc1. The van der Waals surface area contributed by atoms with E-state index in [1.54, 1.807) is 6.07 Å². The lowest BCUT2D eigenvalue weighted by Gasteiger charge is -2.10. The molecule has 4 nitrogen and oxygen atoms in total. The largest absolute Gasteiger partial charge is 0.494 e. The van der Waals surface area contributed by atoms with Crippen LogP contribution in [0.1, 0.15) is 23.7 Å². The first-order chi connectivity index (χ1) is 12.7. The molecular formula is C22H19NO3. The highest BCUT2D eigenvalue weighted by Crippen LogP contribution is 2.36. The van der Waals surface area contributed by atoms with E-state index in [2.05, 4.69) is 11.9 Å². The zero-order chi connectivity index (χ0) is 18.1. The highest BCUT2D eigenvalue weighted by molar-refractivity contribution is 6.15. The van der Waals surface area contributed by atoms with E-state index in [4.69, 9.17) is 4.74 Å². The first kappa shape index (κ1) is 16.2. The molecule has 0 fully saturated rings. The van der Waals surface area contributed by atoms with Crippen LogP contribution >= 0.6 is 0 Å². The summed E-state index contributed by atoms with van der Waals surface area (Å²) in [6.45, 7) is 2.72. The van der Waals surface area contributed by atoms with Crippen molar-refractivity contribution < 1.29 is 14.6 Å². The molecule has 4 rings (SSSR count). The van der Waals surface area contributed by atoms with E-state index in [1.807, 2.05) is 54.6 Å². The highest BCUT2D eigenvalue weighted by Gasteiger charge is 2.18. The van der Waals surface area contributed by atoms with Crippen molar-refractivity contribution in [3.8, 4) is 16.9 Å². The molecule has 0 saturated heterocycles. The molecule has 0 aliphatic carbocycles. The third-order valence-corrected chi connectivity index (χ3v) is 4.53. The predicted molar refractivity (Wildman–Crippen MR) is 104 cm³/mol. The summed E-state index contributed by atoms with van der Waals surface area (Å²) in [6, 6.07) is 19.2. The lowest BCUT2D eigenvalue weighted by atomic mass is 9.96. The highest BCUT2D eigenvalue weighted by atomic mass is 16.5. The maximum Gasteiger partial charge on any atom is 0.336 e.